The van der Waals surface area contributed by atoms with Gasteiger partial charge in [0.1, 0.15) is 11.6 Å². The minimum atomic E-state index is 0.649. The number of aromatic nitrogens is 1. The number of anilines is 2. The number of rotatable bonds is 5. The number of nitrogens with zero attached hydrogens (tertiary/aromatic N) is 3. The van der Waals surface area contributed by atoms with E-state index in [1.54, 1.807) is 0 Å². The van der Waals surface area contributed by atoms with Crippen molar-refractivity contribution >= 4 is 11.6 Å². The smallest absolute Gasteiger partial charge is 0.142 e. The fraction of sp³-hybridized carbons (Fsp3) is 0.615. The zero-order valence-corrected chi connectivity index (χ0v) is 11.3. The average Bonchev–Trinajstić information content (AvgIpc) is 2.86. The number of hydrogen-bond acceptors (Lipinski definition) is 5. The maximum absolute atomic E-state index is 5.39. The number of pyridine rings is 1. The fourth-order valence-corrected chi connectivity index (χ4v) is 2.64. The fourth-order valence-electron chi connectivity index (χ4n) is 2.64. The molecular weight excluding hydrogens is 226 g/mol. The van der Waals surface area contributed by atoms with Gasteiger partial charge in [-0.1, -0.05) is 13.0 Å². The van der Waals surface area contributed by atoms with Gasteiger partial charge in [0.05, 0.1) is 0 Å². The summed E-state index contributed by atoms with van der Waals surface area (Å²) >= 11 is 0. The molecule has 1 aliphatic rings. The predicted octanol–water partition coefficient (Wildman–Crippen LogP) is 1.29. The van der Waals surface area contributed by atoms with Gasteiger partial charge in [0, 0.05) is 19.6 Å². The van der Waals surface area contributed by atoms with E-state index in [2.05, 4.69) is 34.2 Å². The van der Waals surface area contributed by atoms with Crippen molar-refractivity contribution < 1.29 is 0 Å². The molecule has 0 bridgehead atoms. The molecule has 1 atom stereocenters. The summed E-state index contributed by atoms with van der Waals surface area (Å²) in [6.07, 6.45) is 2.59. The lowest BCUT2D eigenvalue weighted by molar-refractivity contribution is 0.270. The maximum Gasteiger partial charge on any atom is 0.142 e. The molecule has 3 N–H and O–H groups in total. The van der Waals surface area contributed by atoms with E-state index in [0.29, 0.717) is 11.9 Å². The number of hydrogen-bond donors (Lipinski definition) is 2. The quantitative estimate of drug-likeness (QED) is 0.608. The summed E-state index contributed by atoms with van der Waals surface area (Å²) in [5.74, 6) is 7.06. The van der Waals surface area contributed by atoms with E-state index in [1.165, 1.54) is 19.4 Å². The zero-order valence-electron chi connectivity index (χ0n) is 11.3. The van der Waals surface area contributed by atoms with Gasteiger partial charge in [-0.15, -0.1) is 0 Å². The molecule has 100 valence electrons. The Kier molecular flexibility index (Phi) is 4.38. The molecule has 5 nitrogen and oxygen atoms in total. The normalized spacial score (nSPS) is 20.1. The average molecular weight is 249 g/mol. The van der Waals surface area contributed by atoms with Crippen molar-refractivity contribution in [1.82, 2.24) is 9.88 Å². The second-order valence-corrected chi connectivity index (χ2v) is 4.83. The topological polar surface area (TPSA) is 57.4 Å². The largest absolute Gasteiger partial charge is 0.358 e. The summed E-state index contributed by atoms with van der Waals surface area (Å²) < 4.78 is 0. The molecule has 5 heteroatoms. The van der Waals surface area contributed by atoms with Crippen LogP contribution in [-0.2, 0) is 0 Å². The van der Waals surface area contributed by atoms with Crippen LogP contribution < -0.4 is 16.2 Å². The molecule has 1 aromatic rings. The maximum atomic E-state index is 5.39. The molecule has 1 aromatic heterocycles. The Balaban J connectivity index is 2.00. The van der Waals surface area contributed by atoms with Gasteiger partial charge in [-0.3, -0.25) is 4.90 Å². The summed E-state index contributed by atoms with van der Waals surface area (Å²) in [5, 5.41) is 0. The van der Waals surface area contributed by atoms with Gasteiger partial charge in [0.2, 0.25) is 0 Å². The van der Waals surface area contributed by atoms with Gasteiger partial charge in [-0.25, -0.2) is 10.8 Å². The van der Waals surface area contributed by atoms with Gasteiger partial charge >= 0.3 is 0 Å². The van der Waals surface area contributed by atoms with E-state index >= 15 is 0 Å². The first-order valence-electron chi connectivity index (χ1n) is 6.63. The van der Waals surface area contributed by atoms with Crippen LogP contribution in [0.3, 0.4) is 0 Å². The Morgan fingerprint density at radius 3 is 3.11 bits per heavy atom. The first-order chi connectivity index (χ1) is 8.74. The Bertz CT molecular complexity index is 381. The number of nitrogen functional groups attached to an aromatic ring is 1. The van der Waals surface area contributed by atoms with Gasteiger partial charge < -0.3 is 10.3 Å². The first kappa shape index (κ1) is 13.1. The third kappa shape index (κ3) is 2.91. The highest BCUT2D eigenvalue weighted by atomic mass is 15.3. The molecule has 18 heavy (non-hydrogen) atoms. The Hall–Kier alpha value is -1.33. The summed E-state index contributed by atoms with van der Waals surface area (Å²) in [4.78, 5) is 9.21. The lowest BCUT2D eigenvalue weighted by Gasteiger charge is -2.28. The van der Waals surface area contributed by atoms with Crippen LogP contribution in [-0.4, -0.2) is 42.6 Å². The monoisotopic (exact) mass is 249 g/mol. The van der Waals surface area contributed by atoms with Gasteiger partial charge in [-0.05, 0) is 38.1 Å². The van der Waals surface area contributed by atoms with E-state index in [4.69, 9.17) is 5.84 Å². The highest BCUT2D eigenvalue weighted by molar-refractivity contribution is 5.46. The molecule has 1 saturated heterocycles. The van der Waals surface area contributed by atoms with Crippen LogP contribution in [0.15, 0.2) is 18.2 Å². The van der Waals surface area contributed by atoms with Crippen LogP contribution in [0.5, 0.6) is 0 Å². The minimum absolute atomic E-state index is 0.649. The zero-order chi connectivity index (χ0) is 13.0. The van der Waals surface area contributed by atoms with Gasteiger partial charge in [0.15, 0.2) is 0 Å². The Morgan fingerprint density at radius 1 is 1.56 bits per heavy atom. The molecule has 1 fully saturated rings. The minimum Gasteiger partial charge on any atom is -0.358 e. The molecule has 0 saturated carbocycles. The van der Waals surface area contributed by atoms with E-state index < -0.39 is 0 Å². The third-order valence-electron chi connectivity index (χ3n) is 3.66. The SMILES string of the molecule is CCN1CCCC1CN(C)c1cccc(NN)n1. The van der Waals surface area contributed by atoms with Crippen LogP contribution in [0, 0.1) is 0 Å². The molecule has 0 aliphatic carbocycles. The lowest BCUT2D eigenvalue weighted by atomic mass is 10.2. The molecule has 1 aliphatic heterocycles. The van der Waals surface area contributed by atoms with Gasteiger partial charge in [0.25, 0.3) is 0 Å². The van der Waals surface area contributed by atoms with E-state index in [1.807, 2.05) is 18.2 Å². The number of nitrogens with one attached hydrogen (secondary N) is 1. The van der Waals surface area contributed by atoms with Crippen molar-refractivity contribution in [3.8, 4) is 0 Å². The third-order valence-corrected chi connectivity index (χ3v) is 3.66. The summed E-state index contributed by atoms with van der Waals surface area (Å²) in [6, 6.07) is 6.51. The van der Waals surface area contributed by atoms with Crippen molar-refractivity contribution in [3.05, 3.63) is 18.2 Å². The second-order valence-electron chi connectivity index (χ2n) is 4.83. The van der Waals surface area contributed by atoms with Crippen molar-refractivity contribution in [2.75, 3.05) is 37.0 Å². The highest BCUT2D eigenvalue weighted by Gasteiger charge is 2.24. The number of hydrazine groups is 1. The molecule has 0 radical (unpaired) electrons. The van der Waals surface area contributed by atoms with E-state index in [0.717, 1.165) is 18.9 Å². The standard InChI is InChI=1S/C13H23N5/c1-3-18-9-5-6-11(18)10-17(2)13-8-4-7-12(15-13)16-14/h4,7-8,11H,3,5-6,9-10,14H2,1-2H3,(H,15,16). The van der Waals surface area contributed by atoms with Crippen LogP contribution in [0.25, 0.3) is 0 Å². The van der Waals surface area contributed by atoms with Crippen molar-refractivity contribution in [2.24, 2.45) is 5.84 Å². The van der Waals surface area contributed by atoms with Crippen LogP contribution >= 0.6 is 0 Å². The summed E-state index contributed by atoms with van der Waals surface area (Å²) in [7, 11) is 2.09. The molecule has 0 amide bonds. The molecule has 2 heterocycles. The Labute approximate surface area is 109 Å². The number of nitrogens with two attached hydrogens (primary N) is 1. The van der Waals surface area contributed by atoms with Crippen molar-refractivity contribution in [3.63, 3.8) is 0 Å². The molecular formula is C13H23N5. The predicted molar refractivity (Wildman–Crippen MR) is 75.6 cm³/mol. The highest BCUT2D eigenvalue weighted by Crippen LogP contribution is 2.20. The molecule has 0 spiro atoms. The van der Waals surface area contributed by atoms with E-state index in [9.17, 15) is 0 Å². The number of likely N-dealkylation sites (N-methyl/N-ethyl adjacent to an activating group) is 2. The lowest BCUT2D eigenvalue weighted by Crippen LogP contribution is -2.39. The van der Waals surface area contributed by atoms with E-state index in [-0.39, 0.29) is 0 Å². The van der Waals surface area contributed by atoms with Crippen LogP contribution in [0.1, 0.15) is 19.8 Å². The number of likely N-dealkylation sites (tertiary alicyclic amines) is 1. The second kappa shape index (κ2) is 6.02. The first-order valence-corrected chi connectivity index (χ1v) is 6.63. The summed E-state index contributed by atoms with van der Waals surface area (Å²) in [5.41, 5.74) is 2.59. The van der Waals surface area contributed by atoms with Gasteiger partial charge in [-0.2, -0.15) is 0 Å². The molecule has 1 unspecified atom stereocenters. The van der Waals surface area contributed by atoms with Crippen LogP contribution in [0.4, 0.5) is 11.6 Å². The Morgan fingerprint density at radius 2 is 2.39 bits per heavy atom. The summed E-state index contributed by atoms with van der Waals surface area (Å²) in [6.45, 7) is 5.62. The van der Waals surface area contributed by atoms with Crippen LogP contribution in [0.2, 0.25) is 0 Å². The van der Waals surface area contributed by atoms with Crippen molar-refractivity contribution in [1.29, 1.82) is 0 Å². The molecule has 0 aromatic carbocycles. The van der Waals surface area contributed by atoms with Crippen molar-refractivity contribution in [2.45, 2.75) is 25.8 Å². The molecule has 2 rings (SSSR count).